The van der Waals surface area contributed by atoms with Crippen LogP contribution in [0.3, 0.4) is 0 Å². The van der Waals surface area contributed by atoms with Crippen LogP contribution in [0.2, 0.25) is 10.0 Å². The average molecular weight is 314 g/mol. The van der Waals surface area contributed by atoms with Crippen molar-refractivity contribution in [2.45, 2.75) is 25.8 Å². The molecule has 0 radical (unpaired) electrons. The number of hydrogen-bond acceptors (Lipinski definition) is 2. The van der Waals surface area contributed by atoms with Gasteiger partial charge in [0.2, 0.25) is 0 Å². The van der Waals surface area contributed by atoms with Crippen LogP contribution in [0.4, 0.5) is 0 Å². The van der Waals surface area contributed by atoms with Crippen molar-refractivity contribution in [3.63, 3.8) is 0 Å². The van der Waals surface area contributed by atoms with Crippen molar-refractivity contribution in [2.75, 3.05) is 7.05 Å². The van der Waals surface area contributed by atoms with Crippen molar-refractivity contribution < 1.29 is 0 Å². The van der Waals surface area contributed by atoms with E-state index in [0.717, 1.165) is 28.5 Å². The highest BCUT2D eigenvalue weighted by Crippen LogP contribution is 2.30. The van der Waals surface area contributed by atoms with Gasteiger partial charge in [0, 0.05) is 32.3 Å². The molecule has 0 bridgehead atoms. The monoisotopic (exact) mass is 313 g/mol. The van der Waals surface area contributed by atoms with Gasteiger partial charge < -0.3 is 5.32 Å². The second-order valence-electron chi connectivity index (χ2n) is 4.43. The van der Waals surface area contributed by atoms with Crippen LogP contribution >= 0.6 is 34.5 Å². The smallest absolute Gasteiger partial charge is 0.0454 e. The highest BCUT2D eigenvalue weighted by Gasteiger charge is 2.15. The molecule has 0 saturated carbocycles. The van der Waals surface area contributed by atoms with E-state index in [2.05, 4.69) is 24.4 Å². The molecule has 1 atom stereocenters. The molecule has 0 fully saturated rings. The molecule has 0 spiro atoms. The van der Waals surface area contributed by atoms with E-state index in [-0.39, 0.29) is 6.04 Å². The Morgan fingerprint density at radius 1 is 1.16 bits per heavy atom. The Balaban J connectivity index is 2.22. The minimum absolute atomic E-state index is 0.189. The summed E-state index contributed by atoms with van der Waals surface area (Å²) in [6.45, 7) is 2.18. The second kappa shape index (κ2) is 6.76. The Morgan fingerprint density at radius 2 is 1.89 bits per heavy atom. The number of aryl methyl sites for hydroxylation is 1. The lowest BCUT2D eigenvalue weighted by molar-refractivity contribution is 0.597. The molecule has 1 unspecified atom stereocenters. The molecule has 102 valence electrons. The van der Waals surface area contributed by atoms with Gasteiger partial charge in [0.05, 0.1) is 0 Å². The molecule has 0 aliphatic heterocycles. The lowest BCUT2D eigenvalue weighted by Gasteiger charge is -2.17. The highest BCUT2D eigenvalue weighted by molar-refractivity contribution is 7.11. The van der Waals surface area contributed by atoms with Crippen LogP contribution < -0.4 is 5.32 Å². The third-order valence-corrected chi connectivity index (χ3v) is 4.98. The Bertz CT molecular complexity index is 551. The van der Waals surface area contributed by atoms with E-state index < -0.39 is 0 Å². The molecule has 1 aromatic heterocycles. The molecule has 19 heavy (non-hydrogen) atoms. The van der Waals surface area contributed by atoms with Gasteiger partial charge in [-0.2, -0.15) is 0 Å². The standard InChI is InChI=1S/C15H17Cl2NS/c1-3-11-5-6-12(19-11)9-15(18-2)13-8-10(16)4-7-14(13)17/h4-8,15,18H,3,9H2,1-2H3. The fourth-order valence-corrected chi connectivity index (χ4v) is 3.51. The van der Waals surface area contributed by atoms with Crippen molar-refractivity contribution in [3.8, 4) is 0 Å². The first-order valence-electron chi connectivity index (χ1n) is 6.33. The predicted molar refractivity (Wildman–Crippen MR) is 85.7 cm³/mol. The first-order valence-corrected chi connectivity index (χ1v) is 7.91. The normalized spacial score (nSPS) is 12.6. The number of halogens is 2. The number of nitrogens with one attached hydrogen (secondary N) is 1. The SMILES string of the molecule is CCc1ccc(CC(NC)c2cc(Cl)ccc2Cl)s1. The molecule has 0 saturated heterocycles. The molecule has 2 rings (SSSR count). The van der Waals surface area contributed by atoms with E-state index in [0.29, 0.717) is 0 Å². The van der Waals surface area contributed by atoms with Crippen molar-refractivity contribution in [2.24, 2.45) is 0 Å². The maximum absolute atomic E-state index is 6.27. The highest BCUT2D eigenvalue weighted by atomic mass is 35.5. The summed E-state index contributed by atoms with van der Waals surface area (Å²) < 4.78 is 0. The Kier molecular flexibility index (Phi) is 5.28. The van der Waals surface area contributed by atoms with Crippen molar-refractivity contribution >= 4 is 34.5 Å². The van der Waals surface area contributed by atoms with Crippen molar-refractivity contribution in [3.05, 3.63) is 55.7 Å². The van der Waals surface area contributed by atoms with E-state index in [1.165, 1.54) is 9.75 Å². The van der Waals surface area contributed by atoms with Gasteiger partial charge in [0.25, 0.3) is 0 Å². The van der Waals surface area contributed by atoms with Gasteiger partial charge in [-0.15, -0.1) is 11.3 Å². The van der Waals surface area contributed by atoms with Gasteiger partial charge in [-0.25, -0.2) is 0 Å². The summed E-state index contributed by atoms with van der Waals surface area (Å²) in [5.41, 5.74) is 1.06. The maximum atomic E-state index is 6.27. The first kappa shape index (κ1) is 14.9. The van der Waals surface area contributed by atoms with E-state index in [9.17, 15) is 0 Å². The van der Waals surface area contributed by atoms with Crippen LogP contribution in [-0.2, 0) is 12.8 Å². The van der Waals surface area contributed by atoms with Crippen LogP contribution in [0, 0.1) is 0 Å². The van der Waals surface area contributed by atoms with Crippen LogP contribution in [-0.4, -0.2) is 7.05 Å². The van der Waals surface area contributed by atoms with Gasteiger partial charge in [0.1, 0.15) is 0 Å². The second-order valence-corrected chi connectivity index (χ2v) is 6.53. The summed E-state index contributed by atoms with van der Waals surface area (Å²) in [5, 5.41) is 4.81. The van der Waals surface area contributed by atoms with Gasteiger partial charge in [-0.05, 0) is 49.4 Å². The number of benzene rings is 1. The average Bonchev–Trinajstić information content (AvgIpc) is 2.87. The number of rotatable bonds is 5. The Hall–Kier alpha value is -0.540. The summed E-state index contributed by atoms with van der Waals surface area (Å²) in [6.07, 6.45) is 2.02. The van der Waals surface area contributed by atoms with Crippen molar-refractivity contribution in [1.82, 2.24) is 5.32 Å². The summed E-state index contributed by atoms with van der Waals surface area (Å²) in [6, 6.07) is 10.2. The zero-order valence-corrected chi connectivity index (χ0v) is 13.4. The number of hydrogen-bond donors (Lipinski definition) is 1. The quantitative estimate of drug-likeness (QED) is 0.807. The minimum Gasteiger partial charge on any atom is -0.313 e. The van der Waals surface area contributed by atoms with Crippen molar-refractivity contribution in [1.29, 1.82) is 0 Å². The first-order chi connectivity index (χ1) is 9.13. The van der Waals surface area contributed by atoms with E-state index in [1.807, 2.05) is 36.6 Å². The van der Waals surface area contributed by atoms with Gasteiger partial charge >= 0.3 is 0 Å². The van der Waals surface area contributed by atoms with Gasteiger partial charge in [-0.3, -0.25) is 0 Å². The van der Waals surface area contributed by atoms with E-state index >= 15 is 0 Å². The van der Waals surface area contributed by atoms with Crippen LogP contribution in [0.15, 0.2) is 30.3 Å². The predicted octanol–water partition coefficient (Wildman–Crippen LogP) is 5.12. The molecule has 1 heterocycles. The molecule has 0 aliphatic rings. The minimum atomic E-state index is 0.189. The molecule has 0 aliphatic carbocycles. The van der Waals surface area contributed by atoms with E-state index in [4.69, 9.17) is 23.2 Å². The van der Waals surface area contributed by atoms with Gasteiger partial charge in [-0.1, -0.05) is 30.1 Å². The fraction of sp³-hybridized carbons (Fsp3) is 0.333. The van der Waals surface area contributed by atoms with Crippen LogP contribution in [0.1, 0.15) is 28.3 Å². The van der Waals surface area contributed by atoms with E-state index in [1.54, 1.807) is 0 Å². The third kappa shape index (κ3) is 3.73. The maximum Gasteiger partial charge on any atom is 0.0454 e. The summed E-state index contributed by atoms with van der Waals surface area (Å²) in [5.74, 6) is 0. The molecular weight excluding hydrogens is 297 g/mol. The molecular formula is C15H17Cl2NS. The molecule has 1 aromatic carbocycles. The largest absolute Gasteiger partial charge is 0.313 e. The summed E-state index contributed by atoms with van der Waals surface area (Å²) in [4.78, 5) is 2.79. The molecule has 2 aromatic rings. The molecule has 1 nitrogen and oxygen atoms in total. The van der Waals surface area contributed by atoms with Gasteiger partial charge in [0.15, 0.2) is 0 Å². The molecule has 0 amide bonds. The summed E-state index contributed by atoms with van der Waals surface area (Å²) in [7, 11) is 1.95. The zero-order chi connectivity index (χ0) is 13.8. The summed E-state index contributed by atoms with van der Waals surface area (Å²) >= 11 is 14.2. The topological polar surface area (TPSA) is 12.0 Å². The fourth-order valence-electron chi connectivity index (χ4n) is 2.07. The Morgan fingerprint density at radius 3 is 2.53 bits per heavy atom. The van der Waals surface area contributed by atoms with Crippen LogP contribution in [0.25, 0.3) is 0 Å². The zero-order valence-electron chi connectivity index (χ0n) is 11.0. The third-order valence-electron chi connectivity index (χ3n) is 3.15. The lowest BCUT2D eigenvalue weighted by atomic mass is 10.0. The van der Waals surface area contributed by atoms with Crippen LogP contribution in [0.5, 0.6) is 0 Å². The molecule has 1 N–H and O–H groups in total. The number of likely N-dealkylation sites (N-methyl/N-ethyl adjacent to an activating group) is 1. The molecule has 4 heteroatoms. The lowest BCUT2D eigenvalue weighted by Crippen LogP contribution is -2.18. The number of thiophene rings is 1. The Labute approximate surface area is 128 Å².